The first-order valence-electron chi connectivity index (χ1n) is 9.92. The largest absolute Gasteiger partial charge is 0.497 e. The second kappa shape index (κ2) is 9.06. The van der Waals surface area contributed by atoms with Crippen molar-refractivity contribution in [2.75, 3.05) is 55.1 Å². The third kappa shape index (κ3) is 4.44. The topological polar surface area (TPSA) is 71.1 Å². The third-order valence-electron chi connectivity index (χ3n) is 5.45. The fourth-order valence-electron chi connectivity index (χ4n) is 3.82. The molecule has 4 rings (SSSR count). The number of rotatable bonds is 5. The number of amides is 2. The molecule has 2 amide bonds. The van der Waals surface area contributed by atoms with E-state index < -0.39 is 5.92 Å². The average Bonchev–Trinajstić information content (AvgIpc) is 3.16. The second-order valence-electron chi connectivity index (χ2n) is 7.35. The lowest BCUT2D eigenvalue weighted by molar-refractivity contribution is -0.122. The van der Waals surface area contributed by atoms with Crippen LogP contribution in [-0.4, -0.2) is 51.8 Å². The highest BCUT2D eigenvalue weighted by atomic mass is 79.9. The molecular weight excluding hydrogens is 450 g/mol. The van der Waals surface area contributed by atoms with Crippen molar-refractivity contribution in [3.05, 3.63) is 46.9 Å². The Morgan fingerprint density at radius 2 is 1.90 bits per heavy atom. The van der Waals surface area contributed by atoms with E-state index in [9.17, 15) is 9.59 Å². The zero-order chi connectivity index (χ0) is 21.1. The van der Waals surface area contributed by atoms with Gasteiger partial charge in [0.15, 0.2) is 0 Å². The fourth-order valence-corrected chi connectivity index (χ4v) is 4.18. The summed E-state index contributed by atoms with van der Waals surface area (Å²) < 4.78 is 11.5. The minimum Gasteiger partial charge on any atom is -0.497 e. The van der Waals surface area contributed by atoms with E-state index in [1.165, 1.54) is 0 Å². The molecule has 1 N–H and O–H groups in total. The Kier molecular flexibility index (Phi) is 6.24. The van der Waals surface area contributed by atoms with E-state index in [0.29, 0.717) is 19.8 Å². The number of nitrogens with one attached hydrogen (secondary N) is 1. The van der Waals surface area contributed by atoms with Gasteiger partial charge in [-0.1, -0.05) is 15.9 Å². The molecule has 158 valence electrons. The zero-order valence-corrected chi connectivity index (χ0v) is 18.4. The summed E-state index contributed by atoms with van der Waals surface area (Å²) in [6, 6.07) is 13.2. The van der Waals surface area contributed by atoms with Crippen molar-refractivity contribution in [2.24, 2.45) is 5.92 Å². The number of hydrogen-bond donors (Lipinski definition) is 1. The van der Waals surface area contributed by atoms with E-state index in [0.717, 1.165) is 40.4 Å². The van der Waals surface area contributed by atoms with Crippen LogP contribution in [0.2, 0.25) is 0 Å². The minimum atomic E-state index is -0.406. The summed E-state index contributed by atoms with van der Waals surface area (Å²) in [6.45, 7) is 3.24. The van der Waals surface area contributed by atoms with Gasteiger partial charge >= 0.3 is 0 Å². The van der Waals surface area contributed by atoms with E-state index in [4.69, 9.17) is 9.47 Å². The third-order valence-corrected chi connectivity index (χ3v) is 5.94. The quantitative estimate of drug-likeness (QED) is 0.721. The number of nitrogens with zero attached hydrogens (tertiary/aromatic N) is 2. The minimum absolute atomic E-state index is 0.0528. The van der Waals surface area contributed by atoms with Gasteiger partial charge in [-0.3, -0.25) is 9.59 Å². The molecule has 30 heavy (non-hydrogen) atoms. The molecule has 0 saturated carbocycles. The molecule has 0 aromatic heterocycles. The van der Waals surface area contributed by atoms with Crippen molar-refractivity contribution in [2.45, 2.75) is 6.42 Å². The predicted molar refractivity (Wildman–Crippen MR) is 119 cm³/mol. The van der Waals surface area contributed by atoms with Gasteiger partial charge in [0, 0.05) is 36.2 Å². The number of methoxy groups -OCH3 is 1. The van der Waals surface area contributed by atoms with Crippen LogP contribution in [-0.2, 0) is 14.3 Å². The Hall–Kier alpha value is -2.58. The lowest BCUT2D eigenvalue weighted by atomic mass is 10.1. The van der Waals surface area contributed by atoms with Crippen LogP contribution < -0.4 is 19.9 Å². The van der Waals surface area contributed by atoms with E-state index in [1.54, 1.807) is 12.0 Å². The molecule has 2 fully saturated rings. The van der Waals surface area contributed by atoms with Crippen LogP contribution in [0, 0.1) is 5.92 Å². The van der Waals surface area contributed by atoms with E-state index in [-0.39, 0.29) is 18.2 Å². The first kappa shape index (κ1) is 20.7. The lowest BCUT2D eigenvalue weighted by Gasteiger charge is -2.30. The van der Waals surface area contributed by atoms with Gasteiger partial charge in [-0.2, -0.15) is 0 Å². The summed E-state index contributed by atoms with van der Waals surface area (Å²) >= 11 is 3.49. The molecule has 2 aliphatic rings. The Labute approximate surface area is 184 Å². The van der Waals surface area contributed by atoms with Crippen LogP contribution in [0.5, 0.6) is 5.75 Å². The van der Waals surface area contributed by atoms with Crippen molar-refractivity contribution in [1.82, 2.24) is 0 Å². The van der Waals surface area contributed by atoms with Crippen molar-refractivity contribution in [3.63, 3.8) is 0 Å². The van der Waals surface area contributed by atoms with Gasteiger partial charge in [0.1, 0.15) is 5.75 Å². The molecular formula is C22H24BrN3O4. The Morgan fingerprint density at radius 3 is 2.60 bits per heavy atom. The van der Waals surface area contributed by atoms with Gasteiger partial charge in [-0.05, 0) is 42.5 Å². The summed E-state index contributed by atoms with van der Waals surface area (Å²) in [5.74, 6) is 0.121. The van der Waals surface area contributed by atoms with Crippen molar-refractivity contribution in [3.8, 4) is 5.75 Å². The molecule has 2 aromatic rings. The van der Waals surface area contributed by atoms with Gasteiger partial charge in [-0.15, -0.1) is 0 Å². The number of benzene rings is 2. The molecule has 0 spiro atoms. The maximum atomic E-state index is 13.0. The first-order valence-corrected chi connectivity index (χ1v) is 10.7. The van der Waals surface area contributed by atoms with E-state index in [2.05, 4.69) is 26.1 Å². The number of halogens is 1. The Morgan fingerprint density at radius 1 is 1.17 bits per heavy atom. The molecule has 2 aromatic carbocycles. The smallest absolute Gasteiger partial charge is 0.229 e. The van der Waals surface area contributed by atoms with Gasteiger partial charge in [-0.25, -0.2) is 0 Å². The maximum Gasteiger partial charge on any atom is 0.229 e. The Bertz CT molecular complexity index is 928. The van der Waals surface area contributed by atoms with Gasteiger partial charge in [0.25, 0.3) is 0 Å². The highest BCUT2D eigenvalue weighted by Gasteiger charge is 2.35. The summed E-state index contributed by atoms with van der Waals surface area (Å²) in [5.41, 5.74) is 2.48. The number of morpholine rings is 1. The highest BCUT2D eigenvalue weighted by Crippen LogP contribution is 2.32. The number of carbonyl (C=O) groups is 2. The molecule has 8 heteroatoms. The number of ether oxygens (including phenoxy) is 2. The van der Waals surface area contributed by atoms with Crippen LogP contribution >= 0.6 is 15.9 Å². The number of anilines is 3. The molecule has 0 radical (unpaired) electrons. The van der Waals surface area contributed by atoms with Crippen molar-refractivity contribution < 1.29 is 19.1 Å². The number of hydrogen-bond acceptors (Lipinski definition) is 5. The first-order chi connectivity index (χ1) is 14.5. The van der Waals surface area contributed by atoms with Crippen LogP contribution in [0.3, 0.4) is 0 Å². The molecule has 1 atom stereocenters. The molecule has 2 saturated heterocycles. The summed E-state index contributed by atoms with van der Waals surface area (Å²) in [5, 5.41) is 3.05. The van der Waals surface area contributed by atoms with Crippen LogP contribution in [0.25, 0.3) is 0 Å². The van der Waals surface area contributed by atoms with Crippen LogP contribution in [0.4, 0.5) is 17.1 Å². The number of carbonyl (C=O) groups excluding carboxylic acids is 2. The van der Waals surface area contributed by atoms with Gasteiger partial charge in [0.2, 0.25) is 11.8 Å². The summed E-state index contributed by atoms with van der Waals surface area (Å²) in [6.07, 6.45) is 0.193. The predicted octanol–water partition coefficient (Wildman–Crippen LogP) is 3.29. The second-order valence-corrected chi connectivity index (χ2v) is 8.27. The fraction of sp³-hybridized carbons (Fsp3) is 0.364. The molecule has 0 aliphatic carbocycles. The molecule has 2 heterocycles. The van der Waals surface area contributed by atoms with Gasteiger partial charge < -0.3 is 24.6 Å². The molecule has 2 aliphatic heterocycles. The summed E-state index contributed by atoms with van der Waals surface area (Å²) in [4.78, 5) is 29.4. The lowest BCUT2D eigenvalue weighted by Crippen LogP contribution is -2.37. The van der Waals surface area contributed by atoms with Crippen LogP contribution in [0.1, 0.15) is 6.42 Å². The summed E-state index contributed by atoms with van der Waals surface area (Å²) in [7, 11) is 1.60. The van der Waals surface area contributed by atoms with E-state index in [1.807, 2.05) is 42.5 Å². The monoisotopic (exact) mass is 473 g/mol. The van der Waals surface area contributed by atoms with E-state index >= 15 is 0 Å². The Balaban J connectivity index is 1.48. The standard InChI is InChI=1S/C22H24BrN3O4/c1-29-18-5-3-17(4-6-18)26-14-15(12-21(26)27)22(28)24-19-13-16(23)2-7-20(19)25-8-10-30-11-9-25/h2-7,13,15H,8-12,14H2,1H3,(H,24,28). The van der Waals surface area contributed by atoms with Gasteiger partial charge in [0.05, 0.1) is 37.6 Å². The molecule has 1 unspecified atom stereocenters. The average molecular weight is 474 g/mol. The highest BCUT2D eigenvalue weighted by molar-refractivity contribution is 9.10. The normalized spacial score (nSPS) is 19.1. The maximum absolute atomic E-state index is 13.0. The SMILES string of the molecule is COc1ccc(N2CC(C(=O)Nc3cc(Br)ccc3N3CCOCC3)CC2=O)cc1. The van der Waals surface area contributed by atoms with Crippen molar-refractivity contribution >= 4 is 44.8 Å². The molecule has 7 nitrogen and oxygen atoms in total. The molecule has 0 bridgehead atoms. The van der Waals surface area contributed by atoms with Crippen LogP contribution in [0.15, 0.2) is 46.9 Å². The zero-order valence-electron chi connectivity index (χ0n) is 16.8. The van der Waals surface area contributed by atoms with Crippen molar-refractivity contribution in [1.29, 1.82) is 0 Å².